The van der Waals surface area contributed by atoms with Gasteiger partial charge in [0.2, 0.25) is 5.91 Å². The minimum atomic E-state index is -0.748. The largest absolute Gasteiger partial charge is 0.385 e. The molecular weight excluding hydrogens is 394 g/mol. The van der Waals surface area contributed by atoms with Crippen LogP contribution in [-0.4, -0.2) is 40.7 Å². The van der Waals surface area contributed by atoms with E-state index in [9.17, 15) is 14.4 Å². The van der Waals surface area contributed by atoms with Crippen molar-refractivity contribution in [3.05, 3.63) is 53.3 Å². The van der Waals surface area contributed by atoms with Gasteiger partial charge in [0.1, 0.15) is 0 Å². The van der Waals surface area contributed by atoms with Gasteiger partial charge >= 0.3 is 11.8 Å². The summed E-state index contributed by atoms with van der Waals surface area (Å²) in [4.78, 5) is 42.8. The van der Waals surface area contributed by atoms with Gasteiger partial charge < -0.3 is 21.3 Å². The van der Waals surface area contributed by atoms with Crippen molar-refractivity contribution in [1.82, 2.24) is 9.88 Å². The Morgan fingerprint density at radius 2 is 2.03 bits per heavy atom. The van der Waals surface area contributed by atoms with Crippen LogP contribution in [0.25, 0.3) is 0 Å². The summed E-state index contributed by atoms with van der Waals surface area (Å²) in [6.45, 7) is 3.58. The van der Waals surface area contributed by atoms with Gasteiger partial charge in [-0.05, 0) is 54.9 Å². The number of carbonyl (C=O) groups is 3. The Hall–Kier alpha value is -3.42. The number of piperidine rings is 1. The van der Waals surface area contributed by atoms with Crippen molar-refractivity contribution < 1.29 is 14.4 Å². The summed E-state index contributed by atoms with van der Waals surface area (Å²) in [6, 6.07) is 7.56. The number of likely N-dealkylation sites (tertiary alicyclic amines) is 1. The monoisotopic (exact) mass is 421 g/mol. The molecule has 2 aliphatic heterocycles. The first-order chi connectivity index (χ1) is 14.9. The van der Waals surface area contributed by atoms with Crippen molar-refractivity contribution in [1.29, 1.82) is 0 Å². The summed E-state index contributed by atoms with van der Waals surface area (Å²) in [5.41, 5.74) is 9.16. The van der Waals surface area contributed by atoms with E-state index in [1.165, 1.54) is 24.0 Å². The molecule has 0 saturated carbocycles. The normalized spacial score (nSPS) is 20.4. The van der Waals surface area contributed by atoms with Crippen molar-refractivity contribution >= 4 is 29.1 Å². The lowest BCUT2D eigenvalue weighted by Crippen LogP contribution is -2.46. The van der Waals surface area contributed by atoms with E-state index in [2.05, 4.69) is 40.7 Å². The predicted molar refractivity (Wildman–Crippen MR) is 117 cm³/mol. The van der Waals surface area contributed by atoms with Gasteiger partial charge in [-0.1, -0.05) is 19.1 Å². The fourth-order valence-corrected chi connectivity index (χ4v) is 4.38. The summed E-state index contributed by atoms with van der Waals surface area (Å²) < 4.78 is 0. The first kappa shape index (κ1) is 20.8. The van der Waals surface area contributed by atoms with Crippen LogP contribution < -0.4 is 16.4 Å². The number of fused-ring (bicyclic) bond motifs is 1. The van der Waals surface area contributed by atoms with E-state index in [0.29, 0.717) is 12.5 Å². The number of rotatable bonds is 3. The van der Waals surface area contributed by atoms with Crippen molar-refractivity contribution in [3.63, 3.8) is 0 Å². The number of nitrogens with zero attached hydrogens (tertiary/aromatic N) is 2. The third kappa shape index (κ3) is 4.52. The highest BCUT2D eigenvalue weighted by Crippen LogP contribution is 2.35. The van der Waals surface area contributed by atoms with E-state index in [1.54, 1.807) is 4.90 Å². The van der Waals surface area contributed by atoms with Gasteiger partial charge in [0.25, 0.3) is 0 Å². The van der Waals surface area contributed by atoms with Crippen molar-refractivity contribution in [2.45, 2.75) is 38.6 Å². The fraction of sp³-hybridized carbons (Fsp3) is 0.391. The lowest BCUT2D eigenvalue weighted by molar-refractivity contribution is -0.146. The van der Waals surface area contributed by atoms with E-state index < -0.39 is 17.7 Å². The van der Waals surface area contributed by atoms with Gasteiger partial charge in [0, 0.05) is 25.0 Å². The van der Waals surface area contributed by atoms with E-state index in [0.717, 1.165) is 43.5 Å². The molecule has 0 spiro atoms. The summed E-state index contributed by atoms with van der Waals surface area (Å²) >= 11 is 0. The highest BCUT2D eigenvalue weighted by molar-refractivity contribution is 6.39. The maximum Gasteiger partial charge on any atom is 0.313 e. The maximum absolute atomic E-state index is 13.1. The number of nitrogens with one attached hydrogen (secondary N) is 2. The average Bonchev–Trinajstić information content (AvgIpc) is 2.78. The molecule has 1 fully saturated rings. The molecule has 8 nitrogen and oxygen atoms in total. The summed E-state index contributed by atoms with van der Waals surface area (Å²) in [7, 11) is 0. The summed E-state index contributed by atoms with van der Waals surface area (Å²) in [6.07, 6.45) is 6.59. The van der Waals surface area contributed by atoms with Gasteiger partial charge in [0.05, 0.1) is 23.5 Å². The number of hydrogen-bond acceptors (Lipinski definition) is 5. The maximum atomic E-state index is 13.1. The lowest BCUT2D eigenvalue weighted by Gasteiger charge is -2.39. The molecule has 2 atom stereocenters. The minimum Gasteiger partial charge on any atom is -0.385 e. The number of carbonyl (C=O) groups excluding carboxylic acids is 3. The summed E-state index contributed by atoms with van der Waals surface area (Å²) in [5.74, 6) is -1.67. The summed E-state index contributed by atoms with van der Waals surface area (Å²) in [5, 5.41) is 5.97. The highest BCUT2D eigenvalue weighted by atomic mass is 16.2. The molecule has 0 radical (unpaired) electrons. The number of amides is 3. The number of anilines is 2. The molecule has 0 unspecified atom stereocenters. The van der Waals surface area contributed by atoms with E-state index in [-0.39, 0.29) is 17.3 Å². The van der Waals surface area contributed by atoms with Gasteiger partial charge in [-0.25, -0.2) is 0 Å². The molecule has 4 N–H and O–H groups in total. The van der Waals surface area contributed by atoms with Crippen molar-refractivity contribution in [3.8, 4) is 0 Å². The molecule has 3 amide bonds. The minimum absolute atomic E-state index is 0.142. The van der Waals surface area contributed by atoms with Crippen molar-refractivity contribution in [2.75, 3.05) is 23.7 Å². The van der Waals surface area contributed by atoms with Crippen LogP contribution in [0.15, 0.2) is 36.7 Å². The molecule has 2 aliphatic rings. The second-order valence-corrected chi connectivity index (χ2v) is 8.38. The molecular formula is C23H27N5O3. The second-order valence-electron chi connectivity index (χ2n) is 8.38. The number of aryl methyl sites for hydroxylation is 1. The third-order valence-electron chi connectivity index (χ3n) is 6.01. The molecule has 8 heteroatoms. The number of nitrogens with two attached hydrogens (primary N) is 1. The Morgan fingerprint density at radius 3 is 2.84 bits per heavy atom. The number of pyridine rings is 1. The van der Waals surface area contributed by atoms with Crippen molar-refractivity contribution in [2.24, 2.45) is 11.7 Å². The van der Waals surface area contributed by atoms with Gasteiger partial charge in [-0.15, -0.1) is 0 Å². The Morgan fingerprint density at radius 1 is 1.19 bits per heavy atom. The molecule has 0 bridgehead atoms. The number of benzene rings is 1. The molecule has 162 valence electrons. The van der Waals surface area contributed by atoms with Gasteiger partial charge in [-0.2, -0.15) is 0 Å². The molecule has 1 aromatic heterocycles. The Labute approximate surface area is 181 Å². The first-order valence-corrected chi connectivity index (χ1v) is 10.7. The smallest absolute Gasteiger partial charge is 0.313 e. The Balaban J connectivity index is 1.55. The van der Waals surface area contributed by atoms with Crippen LogP contribution in [0.2, 0.25) is 0 Å². The van der Waals surface area contributed by atoms with Crippen LogP contribution in [0, 0.1) is 5.92 Å². The lowest BCUT2D eigenvalue weighted by atomic mass is 9.88. The predicted octanol–water partition coefficient (Wildman–Crippen LogP) is 2.48. The highest BCUT2D eigenvalue weighted by Gasteiger charge is 2.34. The number of hydrogen-bond donors (Lipinski definition) is 3. The standard InChI is InChI=1S/C23H27N5O3/c1-14-4-7-20(16-5-6-19-15(9-16)3-2-8-26-19)28(13-14)23(31)22(30)27-18-10-17(21(24)29)11-25-12-18/h5-6,9-12,14,20,26H,2-4,7-8,13H2,1H3,(H2,24,29)(H,27,30)/t14-,20+/m1/s1. The van der Waals surface area contributed by atoms with E-state index in [1.807, 2.05) is 0 Å². The zero-order chi connectivity index (χ0) is 22.0. The Kier molecular flexibility index (Phi) is 5.88. The average molecular weight is 422 g/mol. The van der Waals surface area contributed by atoms with Gasteiger partial charge in [-0.3, -0.25) is 19.4 Å². The van der Waals surface area contributed by atoms with Crippen LogP contribution in [-0.2, 0) is 16.0 Å². The van der Waals surface area contributed by atoms with Crippen LogP contribution in [0.3, 0.4) is 0 Å². The zero-order valence-corrected chi connectivity index (χ0v) is 17.6. The second kappa shape index (κ2) is 8.75. The van der Waals surface area contributed by atoms with Crippen LogP contribution in [0.5, 0.6) is 0 Å². The molecule has 1 saturated heterocycles. The fourth-order valence-electron chi connectivity index (χ4n) is 4.38. The van der Waals surface area contributed by atoms with Crippen LogP contribution in [0.4, 0.5) is 11.4 Å². The first-order valence-electron chi connectivity index (χ1n) is 10.7. The van der Waals surface area contributed by atoms with Crippen LogP contribution >= 0.6 is 0 Å². The Bertz CT molecular complexity index is 1020. The SMILES string of the molecule is C[C@@H]1CC[C@@H](c2ccc3c(c2)CCCN3)N(C(=O)C(=O)Nc2cncc(C(N)=O)c2)C1. The van der Waals surface area contributed by atoms with E-state index in [4.69, 9.17) is 5.73 Å². The van der Waals surface area contributed by atoms with E-state index >= 15 is 0 Å². The third-order valence-corrected chi connectivity index (χ3v) is 6.01. The zero-order valence-electron chi connectivity index (χ0n) is 17.6. The number of primary amides is 1. The molecule has 0 aliphatic carbocycles. The van der Waals surface area contributed by atoms with Gasteiger partial charge in [0.15, 0.2) is 0 Å². The molecule has 1 aromatic carbocycles. The molecule has 31 heavy (non-hydrogen) atoms. The van der Waals surface area contributed by atoms with Crippen LogP contribution in [0.1, 0.15) is 53.7 Å². The quantitative estimate of drug-likeness (QED) is 0.658. The molecule has 4 rings (SSSR count). The molecule has 3 heterocycles. The topological polar surface area (TPSA) is 117 Å². The number of aromatic nitrogens is 1. The molecule has 2 aromatic rings.